The third-order valence-corrected chi connectivity index (χ3v) is 4.06. The molecule has 3 rings (SSSR count). The van der Waals surface area contributed by atoms with E-state index in [4.69, 9.17) is 4.42 Å². The molecule has 25 heavy (non-hydrogen) atoms. The molecule has 0 radical (unpaired) electrons. The van der Waals surface area contributed by atoms with E-state index < -0.39 is 22.9 Å². The summed E-state index contributed by atoms with van der Waals surface area (Å²) in [4.78, 5) is 34.7. The summed E-state index contributed by atoms with van der Waals surface area (Å²) >= 11 is 3.20. The summed E-state index contributed by atoms with van der Waals surface area (Å²) in [6.07, 6.45) is -0.494. The Morgan fingerprint density at radius 1 is 1.12 bits per heavy atom. The lowest BCUT2D eigenvalue weighted by molar-refractivity contribution is -0.384. The zero-order chi connectivity index (χ0) is 18.1. The van der Waals surface area contributed by atoms with E-state index in [2.05, 4.69) is 15.9 Å². The van der Waals surface area contributed by atoms with Crippen LogP contribution in [-0.2, 0) is 0 Å². The smallest absolute Gasteiger partial charge is 0.273 e. The van der Waals surface area contributed by atoms with Gasteiger partial charge in [0.25, 0.3) is 5.69 Å². The van der Waals surface area contributed by atoms with Crippen molar-refractivity contribution in [2.75, 3.05) is 0 Å². The van der Waals surface area contributed by atoms with Gasteiger partial charge in [0, 0.05) is 15.9 Å². The van der Waals surface area contributed by atoms with Crippen molar-refractivity contribution in [3.8, 4) is 5.75 Å². The van der Waals surface area contributed by atoms with Crippen LogP contribution in [0.1, 0.15) is 27.3 Å². The molecule has 0 atom stereocenters. The van der Waals surface area contributed by atoms with Crippen LogP contribution in [0.2, 0.25) is 0 Å². The van der Waals surface area contributed by atoms with Gasteiger partial charge in [-0.3, -0.25) is 19.7 Å². The van der Waals surface area contributed by atoms with Crippen molar-refractivity contribution in [2.45, 2.75) is 6.42 Å². The maximum atomic E-state index is 12.3. The minimum absolute atomic E-state index is 0.0227. The van der Waals surface area contributed by atoms with Gasteiger partial charge in [-0.25, -0.2) is 0 Å². The number of fused-ring (bicyclic) bond motifs is 1. The van der Waals surface area contributed by atoms with Crippen molar-refractivity contribution < 1.29 is 24.0 Å². The monoisotopic (exact) mass is 403 g/mol. The lowest BCUT2D eigenvalue weighted by Gasteiger charge is -2.03. The first kappa shape index (κ1) is 16.8. The van der Waals surface area contributed by atoms with Crippen LogP contribution < -0.4 is 0 Å². The first-order valence-electron chi connectivity index (χ1n) is 7.08. The van der Waals surface area contributed by atoms with E-state index in [1.165, 1.54) is 36.4 Å². The molecule has 7 nitrogen and oxygen atoms in total. The molecule has 126 valence electrons. The molecule has 0 saturated heterocycles. The number of phenolic OH excluding ortho intramolecular Hbond substituents is 1. The molecule has 0 spiro atoms. The number of benzene rings is 2. The Labute approximate surface area is 149 Å². The Balaban J connectivity index is 1.85. The summed E-state index contributed by atoms with van der Waals surface area (Å²) in [6, 6.07) is 9.76. The Hall–Kier alpha value is -3.00. The third-order valence-electron chi connectivity index (χ3n) is 3.57. The third kappa shape index (κ3) is 3.43. The van der Waals surface area contributed by atoms with Gasteiger partial charge < -0.3 is 9.52 Å². The molecule has 0 aliphatic carbocycles. The zero-order valence-corrected chi connectivity index (χ0v) is 14.1. The summed E-state index contributed by atoms with van der Waals surface area (Å²) in [5.74, 6) is -1.43. The Kier molecular flexibility index (Phi) is 4.37. The molecule has 0 bridgehead atoms. The van der Waals surface area contributed by atoms with Gasteiger partial charge in [0.05, 0.1) is 23.0 Å². The SMILES string of the molecule is O=C(CC(=O)c1cc(Br)ccc1O)c1cc2ccc([N+](=O)[O-])cc2o1. The van der Waals surface area contributed by atoms with Gasteiger partial charge in [0.1, 0.15) is 11.3 Å². The first-order chi connectivity index (χ1) is 11.8. The number of halogens is 1. The van der Waals surface area contributed by atoms with Crippen molar-refractivity contribution >= 4 is 44.2 Å². The lowest BCUT2D eigenvalue weighted by atomic mass is 10.0. The highest BCUT2D eigenvalue weighted by Gasteiger charge is 2.20. The quantitative estimate of drug-likeness (QED) is 0.294. The molecule has 0 fully saturated rings. The molecule has 3 aromatic rings. The predicted molar refractivity (Wildman–Crippen MR) is 92.0 cm³/mol. The first-order valence-corrected chi connectivity index (χ1v) is 7.87. The number of phenols is 1. The molecule has 0 unspecified atom stereocenters. The van der Waals surface area contributed by atoms with Crippen LogP contribution >= 0.6 is 15.9 Å². The summed E-state index contributed by atoms with van der Waals surface area (Å²) in [5, 5.41) is 21.0. The number of hydrogen-bond acceptors (Lipinski definition) is 6. The normalized spacial score (nSPS) is 10.8. The van der Waals surface area contributed by atoms with Gasteiger partial charge in [0.2, 0.25) is 5.78 Å². The number of ketones is 2. The average molecular weight is 404 g/mol. The fraction of sp³-hybridized carbons (Fsp3) is 0.0588. The van der Waals surface area contributed by atoms with Gasteiger partial charge in [-0.1, -0.05) is 15.9 Å². The van der Waals surface area contributed by atoms with Crippen LogP contribution in [0.5, 0.6) is 5.75 Å². The van der Waals surface area contributed by atoms with Crippen LogP contribution in [0.15, 0.2) is 51.4 Å². The minimum Gasteiger partial charge on any atom is -0.507 e. The molecule has 0 saturated carbocycles. The highest BCUT2D eigenvalue weighted by molar-refractivity contribution is 9.10. The van der Waals surface area contributed by atoms with E-state index in [0.717, 1.165) is 0 Å². The number of nitrogens with zero attached hydrogens (tertiary/aromatic N) is 1. The van der Waals surface area contributed by atoms with Crippen molar-refractivity contribution in [1.29, 1.82) is 0 Å². The van der Waals surface area contributed by atoms with Crippen molar-refractivity contribution in [3.63, 3.8) is 0 Å². The standard InChI is InChI=1S/C17H10BrNO6/c18-10-2-4-13(20)12(6-10)14(21)8-15(22)17-5-9-1-3-11(19(23)24)7-16(9)25-17/h1-7,20H,8H2. The number of nitro groups is 1. The number of non-ortho nitro benzene ring substituents is 1. The van der Waals surface area contributed by atoms with Crippen LogP contribution in [0, 0.1) is 10.1 Å². The van der Waals surface area contributed by atoms with E-state index in [0.29, 0.717) is 9.86 Å². The maximum absolute atomic E-state index is 12.3. The molecule has 1 N–H and O–H groups in total. The number of furan rings is 1. The minimum atomic E-state index is -0.580. The van der Waals surface area contributed by atoms with Crippen LogP contribution in [0.25, 0.3) is 11.0 Å². The zero-order valence-electron chi connectivity index (χ0n) is 12.6. The summed E-state index contributed by atoms with van der Waals surface area (Å²) < 4.78 is 5.93. The summed E-state index contributed by atoms with van der Waals surface area (Å²) in [6.45, 7) is 0. The fourth-order valence-electron chi connectivity index (χ4n) is 2.33. The molecule has 0 aliphatic heterocycles. The molecule has 1 heterocycles. The highest BCUT2D eigenvalue weighted by atomic mass is 79.9. The van der Waals surface area contributed by atoms with Crippen LogP contribution in [0.4, 0.5) is 5.69 Å². The number of carbonyl (C=O) groups excluding carboxylic acids is 2. The van der Waals surface area contributed by atoms with Gasteiger partial charge >= 0.3 is 0 Å². The molecule has 1 aromatic heterocycles. The van der Waals surface area contributed by atoms with Crippen molar-refractivity contribution in [3.05, 3.63) is 68.4 Å². The van der Waals surface area contributed by atoms with E-state index in [1.807, 2.05) is 0 Å². The number of rotatable bonds is 5. The van der Waals surface area contributed by atoms with Gasteiger partial charge in [-0.2, -0.15) is 0 Å². The highest BCUT2D eigenvalue weighted by Crippen LogP contribution is 2.27. The Bertz CT molecular complexity index is 1020. The summed E-state index contributed by atoms with van der Waals surface area (Å²) in [7, 11) is 0. The number of hydrogen-bond donors (Lipinski definition) is 1. The maximum Gasteiger partial charge on any atom is 0.273 e. The molecule has 0 amide bonds. The molecule has 2 aromatic carbocycles. The topological polar surface area (TPSA) is 111 Å². The molecular formula is C17H10BrNO6. The van der Waals surface area contributed by atoms with Crippen molar-refractivity contribution in [1.82, 2.24) is 0 Å². The summed E-state index contributed by atoms with van der Waals surface area (Å²) in [5.41, 5.74) is 0.0563. The van der Waals surface area contributed by atoms with E-state index in [-0.39, 0.29) is 28.3 Å². The van der Waals surface area contributed by atoms with Crippen molar-refractivity contribution in [2.24, 2.45) is 0 Å². The van der Waals surface area contributed by atoms with Crippen LogP contribution in [-0.4, -0.2) is 21.6 Å². The van der Waals surface area contributed by atoms with Gasteiger partial charge in [0.15, 0.2) is 11.5 Å². The predicted octanol–water partition coefficient (Wildman–Crippen LogP) is 4.26. The van der Waals surface area contributed by atoms with E-state index in [1.54, 1.807) is 6.07 Å². The average Bonchev–Trinajstić information content (AvgIpc) is 3.00. The number of nitro benzene ring substituents is 1. The number of Topliss-reactive ketones (excluding diaryl/α,β-unsaturated/α-hetero) is 2. The largest absolute Gasteiger partial charge is 0.507 e. The molecule has 0 aliphatic rings. The number of aromatic hydroxyl groups is 1. The van der Waals surface area contributed by atoms with Gasteiger partial charge in [-0.15, -0.1) is 0 Å². The second-order valence-corrected chi connectivity index (χ2v) is 6.19. The fourth-order valence-corrected chi connectivity index (χ4v) is 2.69. The molecule has 8 heteroatoms. The Morgan fingerprint density at radius 2 is 1.88 bits per heavy atom. The second-order valence-electron chi connectivity index (χ2n) is 5.27. The lowest BCUT2D eigenvalue weighted by Crippen LogP contribution is -2.08. The second kappa shape index (κ2) is 6.48. The Morgan fingerprint density at radius 3 is 2.60 bits per heavy atom. The van der Waals surface area contributed by atoms with Gasteiger partial charge in [-0.05, 0) is 30.3 Å². The van der Waals surface area contributed by atoms with E-state index >= 15 is 0 Å². The number of carbonyl (C=O) groups is 2. The molecular weight excluding hydrogens is 394 g/mol. The van der Waals surface area contributed by atoms with Crippen LogP contribution in [0.3, 0.4) is 0 Å². The van der Waals surface area contributed by atoms with E-state index in [9.17, 15) is 24.8 Å².